The molecule has 108 valence electrons. The van der Waals surface area contributed by atoms with Crippen LogP contribution < -0.4 is 5.46 Å². The molecule has 1 saturated heterocycles. The van der Waals surface area contributed by atoms with Gasteiger partial charge in [-0.2, -0.15) is 0 Å². The van der Waals surface area contributed by atoms with E-state index in [1.807, 2.05) is 18.2 Å². The van der Waals surface area contributed by atoms with Crippen LogP contribution in [0.2, 0.25) is 0 Å². The number of methoxy groups -OCH3 is 1. The molecular weight excluding hydrogens is 251 g/mol. The molecule has 0 radical (unpaired) electrons. The van der Waals surface area contributed by atoms with E-state index in [1.54, 1.807) is 7.11 Å². The van der Waals surface area contributed by atoms with Gasteiger partial charge in [-0.15, -0.1) is 0 Å². The van der Waals surface area contributed by atoms with Crippen molar-refractivity contribution in [3.8, 4) is 0 Å². The van der Waals surface area contributed by atoms with Gasteiger partial charge in [0.15, 0.2) is 0 Å². The smallest absolute Gasteiger partial charge is 0.495 e. The summed E-state index contributed by atoms with van der Waals surface area (Å²) in [5, 5.41) is 0. The molecule has 0 aliphatic carbocycles. The van der Waals surface area contributed by atoms with Crippen molar-refractivity contribution in [2.24, 2.45) is 0 Å². The van der Waals surface area contributed by atoms with Crippen LogP contribution in [0, 0.1) is 6.92 Å². The van der Waals surface area contributed by atoms with Gasteiger partial charge < -0.3 is 14.0 Å². The molecule has 20 heavy (non-hydrogen) atoms. The molecule has 1 aromatic carbocycles. The quantitative estimate of drug-likeness (QED) is 0.626. The van der Waals surface area contributed by atoms with Crippen LogP contribution in [0.1, 0.15) is 38.8 Å². The molecule has 1 aromatic rings. The molecule has 1 heterocycles. The molecule has 0 atom stereocenters. The zero-order chi connectivity index (χ0) is 15.1. The van der Waals surface area contributed by atoms with Crippen molar-refractivity contribution >= 4 is 18.3 Å². The standard InChI is InChI=1S/C16H23BO3/c1-11-8-9-13(12(2)18-7)10-14(11)17-19-15(3,4)16(5,6)20-17/h8-10H,2H2,1,3-7H3. The van der Waals surface area contributed by atoms with E-state index in [0.29, 0.717) is 5.76 Å². The highest BCUT2D eigenvalue weighted by Crippen LogP contribution is 2.36. The predicted octanol–water partition coefficient (Wildman–Crippen LogP) is 2.91. The van der Waals surface area contributed by atoms with Crippen LogP contribution in [0.5, 0.6) is 0 Å². The lowest BCUT2D eigenvalue weighted by atomic mass is 9.75. The highest BCUT2D eigenvalue weighted by molar-refractivity contribution is 6.62. The Morgan fingerprint density at radius 2 is 1.70 bits per heavy atom. The molecule has 3 nitrogen and oxygen atoms in total. The third-order valence-corrected chi connectivity index (χ3v) is 4.35. The Kier molecular flexibility index (Phi) is 3.74. The van der Waals surface area contributed by atoms with E-state index in [4.69, 9.17) is 14.0 Å². The largest absolute Gasteiger partial charge is 0.497 e. The zero-order valence-corrected chi connectivity index (χ0v) is 13.2. The van der Waals surface area contributed by atoms with Crippen molar-refractivity contribution in [1.82, 2.24) is 0 Å². The Bertz CT molecular complexity index is 519. The maximum absolute atomic E-state index is 6.11. The normalized spacial score (nSPS) is 20.0. The zero-order valence-electron chi connectivity index (χ0n) is 13.2. The molecule has 0 N–H and O–H groups in total. The Balaban J connectivity index is 2.37. The summed E-state index contributed by atoms with van der Waals surface area (Å²) < 4.78 is 17.4. The van der Waals surface area contributed by atoms with Gasteiger partial charge in [-0.25, -0.2) is 0 Å². The second kappa shape index (κ2) is 4.94. The van der Waals surface area contributed by atoms with E-state index in [2.05, 4.69) is 41.2 Å². The first-order valence-electron chi connectivity index (χ1n) is 6.87. The number of hydrogen-bond donors (Lipinski definition) is 0. The summed E-state index contributed by atoms with van der Waals surface area (Å²) in [6, 6.07) is 6.07. The minimum atomic E-state index is -0.357. The van der Waals surface area contributed by atoms with E-state index < -0.39 is 0 Å². The Hall–Kier alpha value is -1.26. The van der Waals surface area contributed by atoms with Crippen molar-refractivity contribution in [3.05, 3.63) is 35.9 Å². The van der Waals surface area contributed by atoms with Gasteiger partial charge in [0.05, 0.1) is 18.3 Å². The van der Waals surface area contributed by atoms with Gasteiger partial charge in [0.25, 0.3) is 0 Å². The molecule has 1 aliphatic rings. The molecule has 0 saturated carbocycles. The maximum Gasteiger partial charge on any atom is 0.495 e. The van der Waals surface area contributed by atoms with Crippen molar-refractivity contribution in [2.45, 2.75) is 45.8 Å². The van der Waals surface area contributed by atoms with Crippen LogP contribution >= 0.6 is 0 Å². The van der Waals surface area contributed by atoms with Gasteiger partial charge in [0.2, 0.25) is 0 Å². The van der Waals surface area contributed by atoms with E-state index in [1.165, 1.54) is 0 Å². The van der Waals surface area contributed by atoms with Crippen molar-refractivity contribution < 1.29 is 14.0 Å². The molecule has 0 bridgehead atoms. The summed E-state index contributed by atoms with van der Waals surface area (Å²) in [5.41, 5.74) is 2.44. The first-order chi connectivity index (χ1) is 9.18. The molecule has 0 spiro atoms. The van der Waals surface area contributed by atoms with E-state index in [9.17, 15) is 0 Å². The average Bonchev–Trinajstić information content (AvgIpc) is 2.58. The average molecular weight is 274 g/mol. The maximum atomic E-state index is 6.11. The SMILES string of the molecule is C=C(OC)c1ccc(C)c(B2OC(C)(C)C(C)(C)O2)c1. The molecular formula is C16H23BO3. The van der Waals surface area contributed by atoms with Crippen LogP contribution in [0.25, 0.3) is 5.76 Å². The summed E-state index contributed by atoms with van der Waals surface area (Å²) in [6.45, 7) is 14.2. The molecule has 0 aromatic heterocycles. The fourth-order valence-electron chi connectivity index (χ4n) is 2.16. The lowest BCUT2D eigenvalue weighted by Gasteiger charge is -2.32. The number of ether oxygens (including phenoxy) is 1. The van der Waals surface area contributed by atoms with E-state index in [0.717, 1.165) is 16.6 Å². The molecule has 1 fully saturated rings. The van der Waals surface area contributed by atoms with E-state index >= 15 is 0 Å². The molecule has 1 aliphatic heterocycles. The Morgan fingerprint density at radius 3 is 2.20 bits per heavy atom. The first-order valence-corrected chi connectivity index (χ1v) is 6.87. The van der Waals surface area contributed by atoms with E-state index in [-0.39, 0.29) is 18.3 Å². The van der Waals surface area contributed by atoms with Gasteiger partial charge in [0.1, 0.15) is 5.76 Å². The highest BCUT2D eigenvalue weighted by Gasteiger charge is 2.52. The van der Waals surface area contributed by atoms with Crippen molar-refractivity contribution in [1.29, 1.82) is 0 Å². The number of aryl methyl sites for hydroxylation is 1. The molecule has 0 unspecified atom stereocenters. The van der Waals surface area contributed by atoms with Gasteiger partial charge >= 0.3 is 7.12 Å². The fourth-order valence-corrected chi connectivity index (χ4v) is 2.16. The van der Waals surface area contributed by atoms with Crippen LogP contribution in [0.15, 0.2) is 24.8 Å². The second-order valence-electron chi connectivity index (χ2n) is 6.29. The Morgan fingerprint density at radius 1 is 1.15 bits per heavy atom. The summed E-state index contributed by atoms with van der Waals surface area (Å²) >= 11 is 0. The Labute approximate surface area is 122 Å². The van der Waals surface area contributed by atoms with Gasteiger partial charge in [0, 0.05) is 5.56 Å². The summed E-state index contributed by atoms with van der Waals surface area (Å²) in [7, 11) is 1.26. The predicted molar refractivity (Wildman–Crippen MR) is 82.9 cm³/mol. The fraction of sp³-hybridized carbons (Fsp3) is 0.500. The van der Waals surface area contributed by atoms with Gasteiger partial charge in [-0.05, 0) is 40.1 Å². The lowest BCUT2D eigenvalue weighted by molar-refractivity contribution is 0.00578. The van der Waals surface area contributed by atoms with Crippen molar-refractivity contribution in [2.75, 3.05) is 7.11 Å². The number of benzene rings is 1. The van der Waals surface area contributed by atoms with Gasteiger partial charge in [-0.1, -0.05) is 30.3 Å². The van der Waals surface area contributed by atoms with Crippen LogP contribution in [0.3, 0.4) is 0 Å². The molecule has 2 rings (SSSR count). The topological polar surface area (TPSA) is 27.7 Å². The van der Waals surface area contributed by atoms with Gasteiger partial charge in [-0.3, -0.25) is 0 Å². The third-order valence-electron chi connectivity index (χ3n) is 4.35. The minimum Gasteiger partial charge on any atom is -0.497 e. The minimum absolute atomic E-state index is 0.335. The second-order valence-corrected chi connectivity index (χ2v) is 6.29. The molecule has 0 amide bonds. The molecule has 4 heteroatoms. The summed E-state index contributed by atoms with van der Waals surface area (Å²) in [4.78, 5) is 0. The number of rotatable bonds is 3. The van der Waals surface area contributed by atoms with Crippen LogP contribution in [-0.4, -0.2) is 25.4 Å². The highest BCUT2D eigenvalue weighted by atomic mass is 16.7. The third kappa shape index (κ3) is 2.50. The van der Waals surface area contributed by atoms with Crippen molar-refractivity contribution in [3.63, 3.8) is 0 Å². The van der Waals surface area contributed by atoms with Crippen LogP contribution in [-0.2, 0) is 14.0 Å². The lowest BCUT2D eigenvalue weighted by Crippen LogP contribution is -2.41. The summed E-state index contributed by atoms with van der Waals surface area (Å²) in [5.74, 6) is 0.641. The monoisotopic (exact) mass is 274 g/mol. The number of hydrogen-bond acceptors (Lipinski definition) is 3. The van der Waals surface area contributed by atoms with Crippen LogP contribution in [0.4, 0.5) is 0 Å². The summed E-state index contributed by atoms with van der Waals surface area (Å²) in [6.07, 6.45) is 0. The first kappa shape index (κ1) is 15.1.